The second-order valence-corrected chi connectivity index (χ2v) is 5.77. The molecule has 0 radical (unpaired) electrons. The average molecular weight is 357 g/mol. The van der Waals surface area contributed by atoms with Crippen LogP contribution in [0.4, 0.5) is 5.82 Å². The van der Waals surface area contributed by atoms with Crippen LogP contribution in [-0.2, 0) is 16.1 Å². The molecular formula is C19H23N3O4. The van der Waals surface area contributed by atoms with Crippen molar-refractivity contribution in [3.8, 4) is 5.75 Å². The number of hydrogen-bond acceptors (Lipinski definition) is 7. The summed E-state index contributed by atoms with van der Waals surface area (Å²) in [5.74, 6) is 0.541. The minimum atomic E-state index is -1.43. The first-order valence-corrected chi connectivity index (χ1v) is 8.07. The summed E-state index contributed by atoms with van der Waals surface area (Å²) < 4.78 is 9.74. The van der Waals surface area contributed by atoms with Crippen molar-refractivity contribution < 1.29 is 19.4 Å². The van der Waals surface area contributed by atoms with Crippen LogP contribution in [0.25, 0.3) is 0 Å². The minimum Gasteiger partial charge on any atom is -0.497 e. The highest BCUT2D eigenvalue weighted by molar-refractivity contribution is 5.88. The Morgan fingerprint density at radius 1 is 1.31 bits per heavy atom. The SMILES string of the molecule is COC(=O)C(O)c1c(C)nc(NCc2ccc(OC)cc2)c(C=N)c1C. The smallest absolute Gasteiger partial charge is 0.339 e. The maximum Gasteiger partial charge on any atom is 0.339 e. The normalized spacial score (nSPS) is 11.6. The highest BCUT2D eigenvalue weighted by Gasteiger charge is 2.25. The van der Waals surface area contributed by atoms with Gasteiger partial charge in [-0.3, -0.25) is 0 Å². The molecule has 0 aliphatic rings. The molecule has 26 heavy (non-hydrogen) atoms. The highest BCUT2D eigenvalue weighted by Crippen LogP contribution is 2.28. The van der Waals surface area contributed by atoms with E-state index in [-0.39, 0.29) is 0 Å². The van der Waals surface area contributed by atoms with Gasteiger partial charge in [-0.15, -0.1) is 0 Å². The molecule has 0 saturated carbocycles. The number of aliphatic hydroxyl groups excluding tert-OH is 1. The maximum absolute atomic E-state index is 11.7. The Hall–Kier alpha value is -2.93. The van der Waals surface area contributed by atoms with Crippen molar-refractivity contribution in [2.24, 2.45) is 0 Å². The number of esters is 1. The monoisotopic (exact) mass is 357 g/mol. The van der Waals surface area contributed by atoms with Crippen LogP contribution in [0.15, 0.2) is 24.3 Å². The average Bonchev–Trinajstić information content (AvgIpc) is 2.65. The number of carbonyl (C=O) groups is 1. The second-order valence-electron chi connectivity index (χ2n) is 5.77. The van der Waals surface area contributed by atoms with E-state index in [9.17, 15) is 9.90 Å². The van der Waals surface area contributed by atoms with Crippen LogP contribution in [0.5, 0.6) is 5.75 Å². The van der Waals surface area contributed by atoms with Crippen molar-refractivity contribution in [2.45, 2.75) is 26.5 Å². The number of aliphatic hydroxyl groups is 1. The number of carbonyl (C=O) groups excluding carboxylic acids is 1. The van der Waals surface area contributed by atoms with E-state index >= 15 is 0 Å². The molecule has 138 valence electrons. The van der Waals surface area contributed by atoms with Crippen molar-refractivity contribution in [3.63, 3.8) is 0 Å². The van der Waals surface area contributed by atoms with E-state index in [2.05, 4.69) is 15.0 Å². The van der Waals surface area contributed by atoms with Gasteiger partial charge in [-0.25, -0.2) is 9.78 Å². The molecule has 2 rings (SSSR count). The minimum absolute atomic E-state index is 0.366. The molecule has 0 fully saturated rings. The largest absolute Gasteiger partial charge is 0.497 e. The number of ether oxygens (including phenoxy) is 2. The Balaban J connectivity index is 2.31. The fraction of sp³-hybridized carbons (Fsp3) is 0.316. The Morgan fingerprint density at radius 3 is 2.50 bits per heavy atom. The summed E-state index contributed by atoms with van der Waals surface area (Å²) >= 11 is 0. The van der Waals surface area contributed by atoms with E-state index in [0.717, 1.165) is 17.5 Å². The molecule has 1 aromatic heterocycles. The zero-order valence-corrected chi connectivity index (χ0v) is 15.3. The van der Waals surface area contributed by atoms with Crippen molar-refractivity contribution in [1.82, 2.24) is 4.98 Å². The van der Waals surface area contributed by atoms with E-state index in [1.54, 1.807) is 21.0 Å². The van der Waals surface area contributed by atoms with Gasteiger partial charge in [0.15, 0.2) is 6.10 Å². The number of benzene rings is 1. The van der Waals surface area contributed by atoms with Crippen LogP contribution in [0.3, 0.4) is 0 Å². The van der Waals surface area contributed by atoms with Gasteiger partial charge in [0.2, 0.25) is 0 Å². The molecule has 0 amide bonds. The van der Waals surface area contributed by atoms with Crippen molar-refractivity contribution in [1.29, 1.82) is 5.41 Å². The number of hydrogen-bond donors (Lipinski definition) is 3. The van der Waals surface area contributed by atoms with Gasteiger partial charge in [0, 0.05) is 29.6 Å². The molecule has 2 aromatic rings. The molecular weight excluding hydrogens is 334 g/mol. The number of nitrogens with zero attached hydrogens (tertiary/aromatic N) is 1. The number of aryl methyl sites for hydroxylation is 1. The summed E-state index contributed by atoms with van der Waals surface area (Å²) in [6.45, 7) is 3.96. The number of aromatic nitrogens is 1. The van der Waals surface area contributed by atoms with Crippen LogP contribution in [0, 0.1) is 19.3 Å². The fourth-order valence-corrected chi connectivity index (χ4v) is 2.76. The van der Waals surface area contributed by atoms with Crippen molar-refractivity contribution >= 4 is 18.0 Å². The van der Waals surface area contributed by atoms with Gasteiger partial charge in [-0.05, 0) is 37.1 Å². The zero-order chi connectivity index (χ0) is 19.3. The topological polar surface area (TPSA) is 105 Å². The predicted molar refractivity (Wildman–Crippen MR) is 98.9 cm³/mol. The maximum atomic E-state index is 11.7. The molecule has 0 bridgehead atoms. The Kier molecular flexibility index (Phi) is 6.30. The number of nitrogens with one attached hydrogen (secondary N) is 2. The number of methoxy groups -OCH3 is 2. The first kappa shape index (κ1) is 19.4. The summed E-state index contributed by atoms with van der Waals surface area (Å²) in [7, 11) is 2.83. The van der Waals surface area contributed by atoms with E-state index in [1.165, 1.54) is 7.11 Å². The Bertz CT molecular complexity index is 803. The third-order valence-corrected chi connectivity index (χ3v) is 4.19. The molecule has 3 N–H and O–H groups in total. The number of pyridine rings is 1. The van der Waals surface area contributed by atoms with E-state index in [0.29, 0.717) is 34.7 Å². The molecule has 0 aliphatic heterocycles. The van der Waals surface area contributed by atoms with Gasteiger partial charge in [-0.1, -0.05) is 12.1 Å². The van der Waals surface area contributed by atoms with Gasteiger partial charge in [0.05, 0.1) is 14.2 Å². The summed E-state index contributed by atoms with van der Waals surface area (Å²) in [6, 6.07) is 7.61. The summed E-state index contributed by atoms with van der Waals surface area (Å²) in [5.41, 5.74) is 3.02. The van der Waals surface area contributed by atoms with E-state index < -0.39 is 12.1 Å². The quantitative estimate of drug-likeness (QED) is 0.519. The lowest BCUT2D eigenvalue weighted by Gasteiger charge is -2.19. The third kappa shape index (κ3) is 4.00. The zero-order valence-electron chi connectivity index (χ0n) is 15.3. The lowest BCUT2D eigenvalue weighted by Crippen LogP contribution is -2.19. The van der Waals surface area contributed by atoms with Gasteiger partial charge in [-0.2, -0.15) is 0 Å². The molecule has 7 heteroatoms. The number of anilines is 1. The standard InChI is InChI=1S/C19H23N3O4/c1-11-15(9-20)18(21-10-13-5-7-14(25-3)8-6-13)22-12(2)16(11)17(23)19(24)26-4/h5-9,17,20,23H,10H2,1-4H3,(H,21,22). The predicted octanol–water partition coefficient (Wildman–Crippen LogP) is 2.52. The van der Waals surface area contributed by atoms with Crippen molar-refractivity contribution in [2.75, 3.05) is 19.5 Å². The van der Waals surface area contributed by atoms with Gasteiger partial charge in [0.25, 0.3) is 0 Å². The third-order valence-electron chi connectivity index (χ3n) is 4.19. The summed E-state index contributed by atoms with van der Waals surface area (Å²) in [6.07, 6.45) is -0.270. The lowest BCUT2D eigenvalue weighted by molar-refractivity contribution is -0.150. The van der Waals surface area contributed by atoms with Crippen molar-refractivity contribution in [3.05, 3.63) is 52.2 Å². The first-order chi connectivity index (χ1) is 12.4. The first-order valence-electron chi connectivity index (χ1n) is 8.07. The molecule has 0 spiro atoms. The molecule has 0 saturated heterocycles. The summed E-state index contributed by atoms with van der Waals surface area (Å²) in [5, 5.41) is 21.1. The van der Waals surface area contributed by atoms with Gasteiger partial charge >= 0.3 is 5.97 Å². The van der Waals surface area contributed by atoms with E-state index in [4.69, 9.17) is 10.1 Å². The summed E-state index contributed by atoms with van der Waals surface area (Å²) in [4.78, 5) is 16.1. The van der Waals surface area contributed by atoms with Gasteiger partial charge in [0.1, 0.15) is 11.6 Å². The Morgan fingerprint density at radius 2 is 1.96 bits per heavy atom. The molecule has 7 nitrogen and oxygen atoms in total. The van der Waals surface area contributed by atoms with Gasteiger partial charge < -0.3 is 25.3 Å². The number of rotatable bonds is 7. The molecule has 1 unspecified atom stereocenters. The molecule has 1 atom stereocenters. The lowest BCUT2D eigenvalue weighted by atomic mass is 9.97. The van der Waals surface area contributed by atoms with E-state index in [1.807, 2.05) is 24.3 Å². The molecule has 1 aromatic carbocycles. The van der Waals surface area contributed by atoms with Crippen LogP contribution >= 0.6 is 0 Å². The second kappa shape index (κ2) is 8.44. The van der Waals surface area contributed by atoms with Crippen LogP contribution < -0.4 is 10.1 Å². The molecule has 1 heterocycles. The Labute approximate surface area is 152 Å². The highest BCUT2D eigenvalue weighted by atomic mass is 16.5. The fourth-order valence-electron chi connectivity index (χ4n) is 2.76. The van der Waals surface area contributed by atoms with Crippen LogP contribution in [0.1, 0.15) is 34.1 Å². The van der Waals surface area contributed by atoms with Crippen LogP contribution in [-0.4, -0.2) is 36.5 Å². The van der Waals surface area contributed by atoms with Crippen LogP contribution in [0.2, 0.25) is 0 Å². The molecule has 0 aliphatic carbocycles.